The van der Waals surface area contributed by atoms with Crippen molar-refractivity contribution in [2.75, 3.05) is 0 Å². The Hall–Kier alpha value is -2.45. The van der Waals surface area contributed by atoms with Crippen molar-refractivity contribution in [1.82, 2.24) is 9.78 Å². The molecule has 0 amide bonds. The van der Waals surface area contributed by atoms with Crippen molar-refractivity contribution >= 4 is 0 Å². The zero-order chi connectivity index (χ0) is 16.1. The second-order valence-electron chi connectivity index (χ2n) is 5.06. The summed E-state index contributed by atoms with van der Waals surface area (Å²) in [5.41, 5.74) is 3.12. The fourth-order valence-electron chi connectivity index (χ4n) is 2.46. The Labute approximate surface area is 129 Å². The molecule has 0 aliphatic carbocycles. The lowest BCUT2D eigenvalue weighted by atomic mass is 10.0. The van der Waals surface area contributed by atoms with Crippen LogP contribution in [0.5, 0.6) is 0 Å². The molecule has 0 atom stereocenters. The third-order valence-electron chi connectivity index (χ3n) is 3.68. The first kappa shape index (κ1) is 15.9. The third kappa shape index (κ3) is 3.07. The molecule has 22 heavy (non-hydrogen) atoms. The van der Waals surface area contributed by atoms with Crippen LogP contribution in [0.2, 0.25) is 0 Å². The number of aliphatic hydroxyl groups excluding tert-OH is 1. The molecule has 1 aromatic heterocycles. The van der Waals surface area contributed by atoms with Crippen molar-refractivity contribution in [1.29, 1.82) is 5.26 Å². The summed E-state index contributed by atoms with van der Waals surface area (Å²) in [5.74, 6) is 0. The molecule has 0 bridgehead atoms. The van der Waals surface area contributed by atoms with Crippen LogP contribution >= 0.6 is 0 Å². The summed E-state index contributed by atoms with van der Waals surface area (Å²) in [4.78, 5) is 12.4. The number of aliphatic hydroxyl groups is 1. The monoisotopic (exact) mass is 297 g/mol. The van der Waals surface area contributed by atoms with E-state index in [4.69, 9.17) is 5.11 Å². The van der Waals surface area contributed by atoms with Crippen LogP contribution in [0.25, 0.3) is 0 Å². The van der Waals surface area contributed by atoms with Crippen molar-refractivity contribution in [3.8, 4) is 6.07 Å². The van der Waals surface area contributed by atoms with E-state index < -0.39 is 0 Å². The van der Waals surface area contributed by atoms with Crippen LogP contribution in [-0.4, -0.2) is 14.9 Å². The molecule has 114 valence electrons. The molecule has 0 aliphatic rings. The summed E-state index contributed by atoms with van der Waals surface area (Å²) >= 11 is 0. The number of benzene rings is 1. The molecule has 1 heterocycles. The molecule has 0 fully saturated rings. The maximum Gasteiger partial charge on any atom is 0.285 e. The number of hydrogen-bond acceptors (Lipinski definition) is 4. The van der Waals surface area contributed by atoms with Gasteiger partial charge in [0.1, 0.15) is 11.6 Å². The molecule has 0 saturated carbocycles. The van der Waals surface area contributed by atoms with Crippen LogP contribution in [-0.2, 0) is 26.0 Å². The van der Waals surface area contributed by atoms with Crippen molar-refractivity contribution < 1.29 is 5.11 Å². The average Bonchev–Trinajstić information content (AvgIpc) is 2.56. The van der Waals surface area contributed by atoms with E-state index in [0.29, 0.717) is 19.4 Å². The molecule has 0 spiro atoms. The lowest BCUT2D eigenvalue weighted by molar-refractivity contribution is 0.282. The van der Waals surface area contributed by atoms with Gasteiger partial charge >= 0.3 is 0 Å². The van der Waals surface area contributed by atoms with E-state index >= 15 is 0 Å². The Kier molecular flexibility index (Phi) is 5.08. The minimum absolute atomic E-state index is 0.0117. The van der Waals surface area contributed by atoms with Gasteiger partial charge in [-0.15, -0.1) is 0 Å². The minimum Gasteiger partial charge on any atom is -0.392 e. The van der Waals surface area contributed by atoms with E-state index in [9.17, 15) is 10.1 Å². The summed E-state index contributed by atoms with van der Waals surface area (Å²) in [6.07, 6.45) is 1.31. The number of aryl methyl sites for hydroxylation is 1. The Morgan fingerprint density at radius 3 is 2.32 bits per heavy atom. The van der Waals surface area contributed by atoms with E-state index in [1.165, 1.54) is 4.68 Å². The summed E-state index contributed by atoms with van der Waals surface area (Å²) in [6, 6.07) is 9.36. The molecule has 0 saturated heterocycles. The maximum atomic E-state index is 12.4. The summed E-state index contributed by atoms with van der Waals surface area (Å²) in [6.45, 7) is 4.19. The topological polar surface area (TPSA) is 78.9 Å². The number of nitrogens with zero attached hydrogens (tertiary/aromatic N) is 3. The fraction of sp³-hybridized carbons (Fsp3) is 0.353. The summed E-state index contributed by atoms with van der Waals surface area (Å²) in [5, 5.41) is 22.8. The fourth-order valence-corrected chi connectivity index (χ4v) is 2.46. The van der Waals surface area contributed by atoms with E-state index in [1.807, 2.05) is 44.2 Å². The summed E-state index contributed by atoms with van der Waals surface area (Å²) < 4.78 is 1.35. The smallest absolute Gasteiger partial charge is 0.285 e. The first-order valence-electron chi connectivity index (χ1n) is 7.36. The van der Waals surface area contributed by atoms with Gasteiger partial charge in [0, 0.05) is 0 Å². The summed E-state index contributed by atoms with van der Waals surface area (Å²) in [7, 11) is 0. The first-order chi connectivity index (χ1) is 10.6. The highest BCUT2D eigenvalue weighted by atomic mass is 16.3. The van der Waals surface area contributed by atoms with Gasteiger partial charge in [-0.05, 0) is 29.5 Å². The largest absolute Gasteiger partial charge is 0.392 e. The molecular formula is C17H19N3O2. The lowest BCUT2D eigenvalue weighted by Crippen LogP contribution is -2.29. The predicted octanol–water partition coefficient (Wildman–Crippen LogP) is 1.78. The quantitative estimate of drug-likeness (QED) is 0.912. The lowest BCUT2D eigenvalue weighted by Gasteiger charge is -2.12. The normalized spacial score (nSPS) is 10.5. The van der Waals surface area contributed by atoms with Crippen molar-refractivity contribution in [2.24, 2.45) is 0 Å². The molecule has 5 nitrogen and oxygen atoms in total. The SMILES string of the molecule is CCc1nn(Cc2ccc(CO)cc2)c(=O)c(C#N)c1CC. The van der Waals surface area contributed by atoms with Crippen LogP contribution < -0.4 is 5.56 Å². The molecule has 1 aromatic carbocycles. The van der Waals surface area contributed by atoms with Crippen LogP contribution in [0, 0.1) is 11.3 Å². The second kappa shape index (κ2) is 7.01. The van der Waals surface area contributed by atoms with Gasteiger partial charge in [-0.25, -0.2) is 4.68 Å². The molecule has 2 rings (SSSR count). The highest BCUT2D eigenvalue weighted by Gasteiger charge is 2.15. The Balaban J connectivity index is 2.46. The van der Waals surface area contributed by atoms with Gasteiger partial charge in [-0.3, -0.25) is 4.79 Å². The molecule has 0 aliphatic heterocycles. The first-order valence-corrected chi connectivity index (χ1v) is 7.36. The number of hydrogen-bond donors (Lipinski definition) is 1. The van der Waals surface area contributed by atoms with Crippen molar-refractivity contribution in [2.45, 2.75) is 39.8 Å². The van der Waals surface area contributed by atoms with Gasteiger partial charge in [0.25, 0.3) is 5.56 Å². The minimum atomic E-state index is -0.345. The third-order valence-corrected chi connectivity index (χ3v) is 3.68. The standard InChI is InChI=1S/C17H19N3O2/c1-3-14-15(9-18)17(22)20(19-16(14)4-2)10-12-5-7-13(11-21)8-6-12/h5-8,21H,3-4,10-11H2,1-2H3. The van der Waals surface area contributed by atoms with E-state index in [0.717, 1.165) is 22.4 Å². The molecule has 0 unspecified atom stereocenters. The van der Waals surface area contributed by atoms with Crippen LogP contribution in [0.4, 0.5) is 0 Å². The van der Waals surface area contributed by atoms with Gasteiger partial charge in [0.05, 0.1) is 18.8 Å². The number of aromatic nitrogens is 2. The number of nitriles is 1. The second-order valence-corrected chi connectivity index (χ2v) is 5.06. The molecule has 1 N–H and O–H groups in total. The highest BCUT2D eigenvalue weighted by molar-refractivity contribution is 5.38. The Morgan fingerprint density at radius 1 is 1.18 bits per heavy atom. The Bertz CT molecular complexity index is 755. The van der Waals surface area contributed by atoms with Crippen molar-refractivity contribution in [3.63, 3.8) is 0 Å². The van der Waals surface area contributed by atoms with E-state index in [1.54, 1.807) is 0 Å². The highest BCUT2D eigenvalue weighted by Crippen LogP contribution is 2.11. The molecule has 5 heteroatoms. The van der Waals surface area contributed by atoms with Gasteiger partial charge in [0.15, 0.2) is 0 Å². The van der Waals surface area contributed by atoms with Crippen LogP contribution in [0.1, 0.15) is 41.8 Å². The van der Waals surface area contributed by atoms with Gasteiger partial charge in [-0.2, -0.15) is 10.4 Å². The van der Waals surface area contributed by atoms with Gasteiger partial charge in [-0.1, -0.05) is 38.1 Å². The maximum absolute atomic E-state index is 12.4. The van der Waals surface area contributed by atoms with Gasteiger partial charge < -0.3 is 5.11 Å². The molecular weight excluding hydrogens is 278 g/mol. The van der Waals surface area contributed by atoms with Crippen LogP contribution in [0.3, 0.4) is 0 Å². The zero-order valence-electron chi connectivity index (χ0n) is 12.8. The molecule has 2 aromatic rings. The molecule has 0 radical (unpaired) electrons. The zero-order valence-corrected chi connectivity index (χ0v) is 12.8. The van der Waals surface area contributed by atoms with E-state index in [2.05, 4.69) is 5.10 Å². The Morgan fingerprint density at radius 2 is 1.82 bits per heavy atom. The van der Waals surface area contributed by atoms with Gasteiger partial charge in [0.2, 0.25) is 0 Å². The van der Waals surface area contributed by atoms with E-state index in [-0.39, 0.29) is 17.7 Å². The average molecular weight is 297 g/mol. The predicted molar refractivity (Wildman–Crippen MR) is 83.4 cm³/mol. The van der Waals surface area contributed by atoms with Crippen LogP contribution in [0.15, 0.2) is 29.1 Å². The number of rotatable bonds is 5. The van der Waals surface area contributed by atoms with Crippen molar-refractivity contribution in [3.05, 3.63) is 62.6 Å².